The summed E-state index contributed by atoms with van der Waals surface area (Å²) in [6.07, 6.45) is 23.6. The van der Waals surface area contributed by atoms with Gasteiger partial charge in [0.05, 0.1) is 103 Å². The number of allylic oxidation sites excluding steroid dienone is 1. The number of hydrogen-bond donors (Lipinski definition) is 0. The largest absolute Gasteiger partial charge is 0.455 e. The van der Waals surface area contributed by atoms with Gasteiger partial charge >= 0.3 is 0 Å². The number of amidine groups is 1. The van der Waals surface area contributed by atoms with E-state index in [0.717, 1.165) is 178 Å². The number of benzene rings is 10. The molecule has 2 unspecified atom stereocenters. The third-order valence-electron chi connectivity index (χ3n) is 23.5. The Bertz CT molecular complexity index is 7710. The molecule has 17 heteroatoms. The predicted molar refractivity (Wildman–Crippen MR) is 498 cm³/mol. The molecular weight excluding hydrogens is 1550 g/mol. The Morgan fingerprint density at radius 1 is 0.374 bits per heavy atom. The molecule has 20 aromatic rings. The summed E-state index contributed by atoms with van der Waals surface area (Å²) < 4.78 is 9.65. The smallest absolute Gasteiger partial charge is 0.163 e. The predicted octanol–water partition coefficient (Wildman–Crippen LogP) is 26.2. The fraction of sp³-hybridized carbons (Fsp3) is 0.0472. The third-order valence-corrected chi connectivity index (χ3v) is 26.5. The van der Waals surface area contributed by atoms with Gasteiger partial charge in [0.25, 0.3) is 0 Å². The minimum Gasteiger partial charge on any atom is -0.455 e. The van der Waals surface area contributed by atoms with Gasteiger partial charge in [0.2, 0.25) is 0 Å². The van der Waals surface area contributed by atoms with Crippen LogP contribution in [0.4, 0.5) is 0 Å². The van der Waals surface area contributed by atoms with Gasteiger partial charge in [0.1, 0.15) is 16.9 Å². The first-order chi connectivity index (χ1) is 60.7. The van der Waals surface area contributed by atoms with Gasteiger partial charge in [-0.3, -0.25) is 44.9 Å². The maximum atomic E-state index is 7.33. The number of fused-ring (bicyclic) bond motifs is 11. The molecule has 0 amide bonds. The van der Waals surface area contributed by atoms with E-state index < -0.39 is 0 Å². The highest BCUT2D eigenvalue weighted by Crippen LogP contribution is 2.67. The normalized spacial score (nSPS) is 13.7. The van der Waals surface area contributed by atoms with Crippen LogP contribution in [0.25, 0.3) is 190 Å². The number of aliphatic imine (C=N–C) groups is 2. The quantitative estimate of drug-likeness (QED) is 0.0657. The second kappa shape index (κ2) is 31.1. The molecule has 0 radical (unpaired) electrons. The Balaban J connectivity index is 0.609. The van der Waals surface area contributed by atoms with Crippen LogP contribution in [-0.4, -0.2) is 71.9 Å². The van der Waals surface area contributed by atoms with Crippen molar-refractivity contribution in [2.75, 3.05) is 0 Å². The molecule has 0 saturated carbocycles. The van der Waals surface area contributed by atoms with Gasteiger partial charge in [-0.15, -0.1) is 23.5 Å². The van der Waals surface area contributed by atoms with Gasteiger partial charge in [-0.2, -0.15) is 0 Å². The van der Waals surface area contributed by atoms with Crippen LogP contribution in [0.3, 0.4) is 0 Å². The van der Waals surface area contributed by atoms with E-state index in [1.165, 1.54) is 20.9 Å². The molecule has 10 aromatic heterocycles. The molecule has 0 fully saturated rings. The molecule has 12 heterocycles. The van der Waals surface area contributed by atoms with Crippen LogP contribution in [0.5, 0.6) is 0 Å². The van der Waals surface area contributed by atoms with Crippen molar-refractivity contribution in [2.45, 2.75) is 41.1 Å². The van der Waals surface area contributed by atoms with Gasteiger partial charge in [-0.25, -0.2) is 20.0 Å². The van der Waals surface area contributed by atoms with Gasteiger partial charge in [-0.1, -0.05) is 158 Å². The van der Waals surface area contributed by atoms with E-state index in [0.29, 0.717) is 39.8 Å². The fourth-order valence-corrected chi connectivity index (χ4v) is 20.7. The minimum absolute atomic E-state index is 0.212. The Labute approximate surface area is 716 Å². The third kappa shape index (κ3) is 13.2. The molecule has 2 aliphatic heterocycles. The summed E-state index contributed by atoms with van der Waals surface area (Å²) in [5, 5.41) is 4.19. The van der Waals surface area contributed by atoms with Crippen LogP contribution in [0.2, 0.25) is 0 Å². The minimum atomic E-state index is 0.212. The summed E-state index contributed by atoms with van der Waals surface area (Å²) in [4.78, 5) is 66.2. The Morgan fingerprint density at radius 3 is 1.63 bits per heavy atom. The van der Waals surface area contributed by atoms with E-state index in [1.807, 2.05) is 146 Å². The van der Waals surface area contributed by atoms with E-state index in [9.17, 15) is 0 Å². The molecule has 0 aliphatic carbocycles. The highest BCUT2D eigenvalue weighted by atomic mass is 32.2. The molecule has 0 spiro atoms. The van der Waals surface area contributed by atoms with E-state index in [-0.39, 0.29) is 10.5 Å². The van der Waals surface area contributed by atoms with Crippen molar-refractivity contribution in [2.24, 2.45) is 9.98 Å². The van der Waals surface area contributed by atoms with E-state index in [4.69, 9.17) is 49.3 Å². The van der Waals surface area contributed by atoms with Crippen molar-refractivity contribution < 1.29 is 4.42 Å². The SMILES string of the molecule is C=NC(=N/C(=C\C)c1ccccc1)c1cc(-c2cccnc2-c2ccccn2)cc2c1oc1c(-c3nccc(-c4ccccc4)n3)cc(-c3cccc(-c4ccc5c(c4)C4Sc6ccc(-c7cccc(-c8cc9c%10cc(-c%11cccnc%11-c%11cnccn%11)ncc%10n(-c%10cccc(-c%11cccc(-c%12cnccn%12)c%11C)c%10C)c9cn8)c7)cc6C4S5)c3)cc12. The average molecular weight is 1620 g/mol. The van der Waals surface area contributed by atoms with Gasteiger partial charge in [0, 0.05) is 114 Å². The molecule has 0 N–H and O–H groups in total. The van der Waals surface area contributed by atoms with Crippen molar-refractivity contribution >= 4 is 85.5 Å². The maximum Gasteiger partial charge on any atom is 0.163 e. The lowest BCUT2D eigenvalue weighted by atomic mass is 9.92. The molecule has 2 atom stereocenters. The summed E-state index contributed by atoms with van der Waals surface area (Å²) in [7, 11) is 0. The average Bonchev–Trinajstić information content (AvgIpc) is 1.59. The Morgan fingerprint density at radius 2 is 0.943 bits per heavy atom. The first kappa shape index (κ1) is 73.9. The number of pyridine rings is 5. The molecule has 0 saturated heterocycles. The van der Waals surface area contributed by atoms with Crippen LogP contribution in [0.1, 0.15) is 50.8 Å². The number of rotatable bonds is 16. The van der Waals surface area contributed by atoms with Gasteiger partial charge < -0.3 is 8.98 Å². The molecule has 0 bridgehead atoms. The first-order valence-corrected chi connectivity index (χ1v) is 42.4. The summed E-state index contributed by atoms with van der Waals surface area (Å²) in [6.45, 7) is 10.5. The zero-order chi connectivity index (χ0) is 82.2. The fourth-order valence-electron chi connectivity index (χ4n) is 17.6. The zero-order valence-electron chi connectivity index (χ0n) is 66.8. The topological polar surface area (TPSA) is 185 Å². The molecule has 15 nitrogen and oxygen atoms in total. The van der Waals surface area contributed by atoms with Crippen LogP contribution in [-0.2, 0) is 0 Å². The number of hydrogen-bond acceptors (Lipinski definition) is 15. The van der Waals surface area contributed by atoms with Gasteiger partial charge in [0.15, 0.2) is 11.7 Å². The zero-order valence-corrected chi connectivity index (χ0v) is 68.4. The van der Waals surface area contributed by atoms with Crippen LogP contribution in [0, 0.1) is 13.8 Å². The highest BCUT2D eigenvalue weighted by molar-refractivity contribution is 8.05. The van der Waals surface area contributed by atoms with E-state index >= 15 is 0 Å². The molecule has 2 aliphatic rings. The first-order valence-electron chi connectivity index (χ1n) is 40.6. The second-order valence-corrected chi connectivity index (χ2v) is 32.9. The molecule has 582 valence electrons. The van der Waals surface area contributed by atoms with Crippen LogP contribution < -0.4 is 0 Å². The summed E-state index contributed by atoms with van der Waals surface area (Å²) in [6, 6.07) is 94.0. The lowest BCUT2D eigenvalue weighted by Gasteiger charge is -2.17. The monoisotopic (exact) mass is 1620 g/mol. The van der Waals surface area contributed by atoms with Crippen molar-refractivity contribution in [3.05, 3.63) is 381 Å². The standard InChI is InChI=1S/C106H70N14OS2/c1-5-87(64-20-8-6-9-21-64)118-105(107-4)85-55-73(77-31-18-41-113-99(77)89-33-12-13-40-110-89)54-82-81-52-72(53-86(102(81)121-101(82)85)106-115-43-39-88(119-106)65-22-10-7-11-23-65)68-26-14-24-66(48-68)69-35-37-97-83(50-69)103-104(122-97)84-51-70(36-38-98(84)123-103)67-25-15-27-71(49-67)90-56-79-80-57-91(78-32-19-42-114-100(78)93-59-109-45-47-112-93)117-61-96(80)120(95(79)60-116-90)94-34-17-29-75(63(94)3)74-28-16-30-76(62(74)2)92-58-108-44-46-111-92/h5-61,103-104H,4H2,1-3H3/b87-5-,118-105?. The Kier molecular flexibility index (Phi) is 18.7. The lowest BCUT2D eigenvalue weighted by Crippen LogP contribution is -2.00. The van der Waals surface area contributed by atoms with Crippen molar-refractivity contribution in [3.8, 4) is 141 Å². The highest BCUT2D eigenvalue weighted by Gasteiger charge is 2.42. The van der Waals surface area contributed by atoms with Crippen LogP contribution in [0.15, 0.2) is 372 Å². The number of furan rings is 1. The van der Waals surface area contributed by atoms with E-state index in [2.05, 4.69) is 227 Å². The van der Waals surface area contributed by atoms with Crippen molar-refractivity contribution in [3.63, 3.8) is 0 Å². The molecular formula is C106H70N14OS2. The number of thioether (sulfide) groups is 2. The van der Waals surface area contributed by atoms with Crippen molar-refractivity contribution in [1.29, 1.82) is 0 Å². The Hall–Kier alpha value is -15.4. The maximum absolute atomic E-state index is 7.33. The number of nitrogens with zero attached hydrogens (tertiary/aromatic N) is 14. The van der Waals surface area contributed by atoms with Gasteiger partial charge in [-0.05, 0) is 221 Å². The van der Waals surface area contributed by atoms with Crippen LogP contribution >= 0.6 is 23.5 Å². The summed E-state index contributed by atoms with van der Waals surface area (Å²) in [5.41, 5.74) is 32.5. The molecule has 22 rings (SSSR count). The second-order valence-electron chi connectivity index (χ2n) is 30.5. The molecule has 123 heavy (non-hydrogen) atoms. The summed E-state index contributed by atoms with van der Waals surface area (Å²) >= 11 is 3.94. The lowest BCUT2D eigenvalue weighted by molar-refractivity contribution is 0.668. The van der Waals surface area contributed by atoms with Crippen molar-refractivity contribution in [1.82, 2.24) is 59.4 Å². The summed E-state index contributed by atoms with van der Waals surface area (Å²) in [5.74, 6) is 0.909. The number of aromatic nitrogens is 12. The molecule has 10 aromatic carbocycles. The van der Waals surface area contributed by atoms with E-state index in [1.54, 1.807) is 49.6 Å².